The van der Waals surface area contributed by atoms with Crippen molar-refractivity contribution in [3.05, 3.63) is 119 Å². The Bertz CT molecular complexity index is 1540. The van der Waals surface area contributed by atoms with Gasteiger partial charge >= 0.3 is 0 Å². The molecule has 168 valence electrons. The molecule has 0 saturated heterocycles. The van der Waals surface area contributed by atoms with Gasteiger partial charge in [0, 0.05) is 21.8 Å². The number of hydrogen-bond acceptors (Lipinski definition) is 3. The lowest BCUT2D eigenvalue weighted by Gasteiger charge is -2.28. The first-order chi connectivity index (χ1) is 16.5. The Hall–Kier alpha value is -3.17. The maximum atomic E-state index is 13.2. The zero-order valence-electron chi connectivity index (χ0n) is 18.4. The van der Waals surface area contributed by atoms with Gasteiger partial charge < -0.3 is 9.72 Å². The monoisotopic (exact) mass is 501 g/mol. The second-order valence-corrected chi connectivity index (χ2v) is 12.7. The molecule has 0 aliphatic rings. The van der Waals surface area contributed by atoms with Crippen LogP contribution in [0.3, 0.4) is 0 Å². The Kier molecular flexibility index (Phi) is 6.14. The standard InChI is InChI=1S/C28H21ClNO2PS/c1-32-21-15-12-19(13-16-21)26-27(25-18-20(29)14-17-24(25)28(31)30-26)33(34,22-8-4-2-5-9-22)23-10-6-3-7-11-23/h2-18H,1H3,(H,30,31). The lowest BCUT2D eigenvalue weighted by molar-refractivity contribution is 0.415. The van der Waals surface area contributed by atoms with Gasteiger partial charge in [0.2, 0.25) is 0 Å². The van der Waals surface area contributed by atoms with E-state index in [1.807, 2.05) is 66.7 Å². The number of aromatic amines is 1. The fraction of sp³-hybridized carbons (Fsp3) is 0.0357. The fourth-order valence-electron chi connectivity index (χ4n) is 4.26. The topological polar surface area (TPSA) is 42.1 Å². The van der Waals surface area contributed by atoms with Crippen LogP contribution in [-0.4, -0.2) is 12.1 Å². The van der Waals surface area contributed by atoms with Crippen LogP contribution in [0.1, 0.15) is 0 Å². The third-order valence-electron chi connectivity index (χ3n) is 5.89. The first-order valence-electron chi connectivity index (χ1n) is 10.7. The Labute approximate surface area is 208 Å². The van der Waals surface area contributed by atoms with Gasteiger partial charge in [-0.05, 0) is 64.0 Å². The highest BCUT2D eigenvalue weighted by atomic mass is 35.5. The van der Waals surface area contributed by atoms with Gasteiger partial charge in [-0.15, -0.1) is 0 Å². The van der Waals surface area contributed by atoms with Gasteiger partial charge in [-0.25, -0.2) is 0 Å². The summed E-state index contributed by atoms with van der Waals surface area (Å²) in [6.07, 6.45) is 0. The number of benzene rings is 4. The fourth-order valence-corrected chi connectivity index (χ4v) is 8.76. The van der Waals surface area contributed by atoms with Crippen molar-refractivity contribution < 1.29 is 4.74 Å². The summed E-state index contributed by atoms with van der Waals surface area (Å²) >= 11 is 13.1. The van der Waals surface area contributed by atoms with Crippen LogP contribution in [0.4, 0.5) is 0 Å². The van der Waals surface area contributed by atoms with Crippen molar-refractivity contribution in [3.63, 3.8) is 0 Å². The van der Waals surface area contributed by atoms with E-state index in [-0.39, 0.29) is 5.56 Å². The maximum Gasteiger partial charge on any atom is 0.256 e. The van der Waals surface area contributed by atoms with Crippen molar-refractivity contribution in [1.29, 1.82) is 0 Å². The van der Waals surface area contributed by atoms with Crippen molar-refractivity contribution >= 4 is 56.1 Å². The zero-order valence-corrected chi connectivity index (χ0v) is 20.8. The predicted octanol–water partition coefficient (Wildman–Crippen LogP) is 5.61. The predicted molar refractivity (Wildman–Crippen MR) is 148 cm³/mol. The van der Waals surface area contributed by atoms with Gasteiger partial charge in [0.05, 0.1) is 12.8 Å². The minimum Gasteiger partial charge on any atom is -0.497 e. The first-order valence-corrected chi connectivity index (χ1v) is 13.9. The molecule has 0 aliphatic heterocycles. The van der Waals surface area contributed by atoms with E-state index >= 15 is 0 Å². The summed E-state index contributed by atoms with van der Waals surface area (Å²) in [7, 11) is 1.63. The van der Waals surface area contributed by atoms with Crippen LogP contribution in [0.2, 0.25) is 5.02 Å². The van der Waals surface area contributed by atoms with Gasteiger partial charge in [0.25, 0.3) is 5.56 Å². The number of methoxy groups -OCH3 is 1. The number of nitrogens with one attached hydrogen (secondary N) is 1. The number of H-pyrrole nitrogens is 1. The molecule has 5 rings (SSSR count). The highest BCUT2D eigenvalue weighted by molar-refractivity contribution is 8.25. The highest BCUT2D eigenvalue weighted by Crippen LogP contribution is 2.47. The Morgan fingerprint density at radius 2 is 1.38 bits per heavy atom. The van der Waals surface area contributed by atoms with Gasteiger partial charge in [0.15, 0.2) is 0 Å². The summed E-state index contributed by atoms with van der Waals surface area (Å²) in [5, 5.41) is 4.90. The lowest BCUT2D eigenvalue weighted by atomic mass is 10.1. The molecule has 0 spiro atoms. The molecular formula is C28H21ClNO2PS. The molecule has 3 nitrogen and oxygen atoms in total. The largest absolute Gasteiger partial charge is 0.497 e. The number of aromatic nitrogens is 1. The highest BCUT2D eigenvalue weighted by Gasteiger charge is 2.31. The van der Waals surface area contributed by atoms with Crippen molar-refractivity contribution in [2.24, 2.45) is 0 Å². The van der Waals surface area contributed by atoms with E-state index in [1.54, 1.807) is 19.2 Å². The summed E-state index contributed by atoms with van der Waals surface area (Å²) in [6.45, 7) is 0. The molecule has 0 radical (unpaired) electrons. The minimum atomic E-state index is -2.61. The van der Waals surface area contributed by atoms with Gasteiger partial charge in [-0.2, -0.15) is 0 Å². The molecule has 0 fully saturated rings. The molecule has 1 aromatic heterocycles. The quantitative estimate of drug-likeness (QED) is 0.318. The molecule has 6 heteroatoms. The van der Waals surface area contributed by atoms with E-state index in [4.69, 9.17) is 28.1 Å². The number of ether oxygens (including phenoxy) is 1. The summed E-state index contributed by atoms with van der Waals surface area (Å²) in [5.74, 6) is 0.738. The van der Waals surface area contributed by atoms with Crippen LogP contribution >= 0.6 is 17.6 Å². The molecule has 0 bridgehead atoms. The molecule has 4 aromatic carbocycles. The third-order valence-corrected chi connectivity index (χ3v) is 11.1. The van der Waals surface area contributed by atoms with Crippen molar-refractivity contribution in [2.75, 3.05) is 7.11 Å². The SMILES string of the molecule is COc1ccc(-c2[nH]c(=O)c3ccc(Cl)cc3c2P(=S)(c2ccccc2)c2ccccc2)cc1. The number of fused-ring (bicyclic) bond motifs is 1. The second kappa shape index (κ2) is 9.23. The molecule has 0 atom stereocenters. The first kappa shape index (κ1) is 22.6. The molecule has 5 aromatic rings. The molecule has 34 heavy (non-hydrogen) atoms. The maximum absolute atomic E-state index is 13.2. The van der Waals surface area contributed by atoms with Gasteiger partial charge in [0.1, 0.15) is 5.75 Å². The van der Waals surface area contributed by atoms with Crippen LogP contribution in [0.15, 0.2) is 108 Å². The Morgan fingerprint density at radius 3 is 1.94 bits per heavy atom. The smallest absolute Gasteiger partial charge is 0.256 e. The average molecular weight is 502 g/mol. The van der Waals surface area contributed by atoms with Crippen LogP contribution in [0.25, 0.3) is 22.0 Å². The van der Waals surface area contributed by atoms with E-state index in [0.717, 1.165) is 32.6 Å². The normalized spacial score (nSPS) is 11.5. The van der Waals surface area contributed by atoms with Gasteiger partial charge in [-0.1, -0.05) is 84.1 Å². The average Bonchev–Trinajstić information content (AvgIpc) is 2.89. The summed E-state index contributed by atoms with van der Waals surface area (Å²) in [6, 6.07) is 30.7. The van der Waals surface area contributed by atoms with E-state index in [0.29, 0.717) is 16.1 Å². The molecule has 1 heterocycles. The molecular weight excluding hydrogens is 481 g/mol. The number of pyridine rings is 1. The van der Waals surface area contributed by atoms with Crippen LogP contribution in [-0.2, 0) is 11.8 Å². The Morgan fingerprint density at radius 1 is 0.794 bits per heavy atom. The van der Waals surface area contributed by atoms with E-state index in [9.17, 15) is 4.79 Å². The zero-order chi connectivity index (χ0) is 23.7. The molecule has 0 amide bonds. The van der Waals surface area contributed by atoms with Crippen LogP contribution in [0, 0.1) is 0 Å². The number of halogens is 1. The summed E-state index contributed by atoms with van der Waals surface area (Å²) in [4.78, 5) is 16.4. The van der Waals surface area contributed by atoms with Crippen molar-refractivity contribution in [3.8, 4) is 17.0 Å². The van der Waals surface area contributed by atoms with Crippen molar-refractivity contribution in [2.45, 2.75) is 0 Å². The molecule has 0 saturated carbocycles. The van der Waals surface area contributed by atoms with E-state index in [1.165, 1.54) is 0 Å². The van der Waals surface area contributed by atoms with E-state index < -0.39 is 6.04 Å². The summed E-state index contributed by atoms with van der Waals surface area (Å²) < 4.78 is 5.35. The Balaban J connectivity index is 1.97. The van der Waals surface area contributed by atoms with Crippen LogP contribution < -0.4 is 26.2 Å². The van der Waals surface area contributed by atoms with Gasteiger partial charge in [-0.3, -0.25) is 4.79 Å². The second-order valence-electron chi connectivity index (χ2n) is 7.88. The molecule has 1 N–H and O–H groups in total. The molecule has 0 unspecified atom stereocenters. The summed E-state index contributed by atoms with van der Waals surface area (Å²) in [5.41, 5.74) is 1.39. The third kappa shape index (κ3) is 3.88. The number of rotatable bonds is 5. The van der Waals surface area contributed by atoms with E-state index in [2.05, 4.69) is 29.2 Å². The minimum absolute atomic E-state index is 0.177. The molecule has 0 aliphatic carbocycles. The van der Waals surface area contributed by atoms with Crippen molar-refractivity contribution in [1.82, 2.24) is 4.98 Å². The number of hydrogen-bond donors (Lipinski definition) is 1. The van der Waals surface area contributed by atoms with Crippen LogP contribution in [0.5, 0.6) is 5.75 Å². The lowest BCUT2D eigenvalue weighted by Crippen LogP contribution is -2.29.